The Bertz CT molecular complexity index is 395. The fourth-order valence-corrected chi connectivity index (χ4v) is 1.37. The number of carbonyl (C=O) groups is 1. The third kappa shape index (κ3) is 2.42. The fraction of sp³-hybridized carbons (Fsp3) is 0.400. The van der Waals surface area contributed by atoms with Crippen LogP contribution in [0.15, 0.2) is 24.4 Å². The van der Waals surface area contributed by atoms with Crippen LogP contribution in [0.25, 0.3) is 0 Å². The average Bonchev–Trinajstić information content (AvgIpc) is 2.93. The number of rotatable bonds is 3. The van der Waals surface area contributed by atoms with Crippen molar-refractivity contribution in [2.75, 3.05) is 0 Å². The SMILES string of the molecule is O=C(CC1CC1)On1ccccc1=S. The number of carbonyl (C=O) groups excluding carboxylic acids is 1. The van der Waals surface area contributed by atoms with Crippen molar-refractivity contribution in [3.63, 3.8) is 0 Å². The highest BCUT2D eigenvalue weighted by molar-refractivity contribution is 7.71. The summed E-state index contributed by atoms with van der Waals surface area (Å²) in [6.07, 6.45) is 4.45. The Hall–Kier alpha value is -1.16. The summed E-state index contributed by atoms with van der Waals surface area (Å²) in [7, 11) is 0. The van der Waals surface area contributed by atoms with Crippen molar-refractivity contribution in [3.8, 4) is 0 Å². The Morgan fingerprint density at radius 2 is 2.36 bits per heavy atom. The lowest BCUT2D eigenvalue weighted by atomic mass is 10.3. The zero-order valence-corrected chi connectivity index (χ0v) is 8.50. The van der Waals surface area contributed by atoms with E-state index in [0.29, 0.717) is 17.0 Å². The van der Waals surface area contributed by atoms with Gasteiger partial charge in [-0.25, -0.2) is 4.79 Å². The third-order valence-corrected chi connectivity index (χ3v) is 2.46. The van der Waals surface area contributed by atoms with Gasteiger partial charge in [-0.05, 0) is 30.9 Å². The van der Waals surface area contributed by atoms with Crippen molar-refractivity contribution in [2.45, 2.75) is 19.3 Å². The second-order valence-corrected chi connectivity index (χ2v) is 3.89. The van der Waals surface area contributed by atoms with Gasteiger partial charge >= 0.3 is 5.97 Å². The smallest absolute Gasteiger partial charge is 0.333 e. The molecule has 0 unspecified atom stereocenters. The Morgan fingerprint density at radius 1 is 1.57 bits per heavy atom. The monoisotopic (exact) mass is 209 g/mol. The molecule has 1 aliphatic rings. The van der Waals surface area contributed by atoms with Crippen LogP contribution < -0.4 is 4.84 Å². The molecule has 74 valence electrons. The van der Waals surface area contributed by atoms with E-state index < -0.39 is 0 Å². The summed E-state index contributed by atoms with van der Waals surface area (Å²) in [6, 6.07) is 5.31. The van der Waals surface area contributed by atoms with Crippen LogP contribution in [-0.2, 0) is 4.79 Å². The first kappa shape index (κ1) is 9.40. The number of hydrogen-bond acceptors (Lipinski definition) is 3. The van der Waals surface area contributed by atoms with Gasteiger partial charge in [-0.15, -0.1) is 0 Å². The second-order valence-electron chi connectivity index (χ2n) is 3.48. The topological polar surface area (TPSA) is 31.2 Å². The molecule has 0 spiro atoms. The van der Waals surface area contributed by atoms with Crippen molar-refractivity contribution in [2.24, 2.45) is 5.92 Å². The molecule has 1 aromatic heterocycles. The minimum absolute atomic E-state index is 0.199. The van der Waals surface area contributed by atoms with Gasteiger partial charge in [0.05, 0.1) is 6.42 Å². The van der Waals surface area contributed by atoms with E-state index >= 15 is 0 Å². The van der Waals surface area contributed by atoms with Crippen molar-refractivity contribution in [1.29, 1.82) is 0 Å². The van der Waals surface area contributed by atoms with Gasteiger partial charge in [0.25, 0.3) is 0 Å². The van der Waals surface area contributed by atoms with E-state index in [1.165, 1.54) is 4.73 Å². The first-order valence-corrected chi connectivity index (χ1v) is 5.05. The van der Waals surface area contributed by atoms with E-state index in [1.807, 2.05) is 6.07 Å². The van der Waals surface area contributed by atoms with E-state index in [1.54, 1.807) is 18.3 Å². The molecule has 1 fully saturated rings. The molecule has 14 heavy (non-hydrogen) atoms. The van der Waals surface area contributed by atoms with Crippen molar-refractivity contribution in [3.05, 3.63) is 29.0 Å². The fourth-order valence-electron chi connectivity index (χ4n) is 1.19. The summed E-state index contributed by atoms with van der Waals surface area (Å²) in [5.74, 6) is 0.343. The molecule has 0 aliphatic heterocycles. The van der Waals surface area contributed by atoms with Crippen molar-refractivity contribution in [1.82, 2.24) is 4.73 Å². The lowest BCUT2D eigenvalue weighted by Crippen LogP contribution is -2.20. The summed E-state index contributed by atoms with van der Waals surface area (Å²) < 4.78 is 1.84. The maximum absolute atomic E-state index is 11.3. The number of hydrogen-bond donors (Lipinski definition) is 0. The Morgan fingerprint density at radius 3 is 3.00 bits per heavy atom. The van der Waals surface area contributed by atoms with E-state index in [4.69, 9.17) is 17.1 Å². The quantitative estimate of drug-likeness (QED) is 0.713. The standard InChI is InChI=1S/C10H11NO2S/c12-10(7-8-4-5-8)13-11-6-2-1-3-9(11)14/h1-3,6,8H,4-5,7H2. The van der Waals surface area contributed by atoms with Gasteiger partial charge in [-0.3, -0.25) is 0 Å². The van der Waals surface area contributed by atoms with Crippen LogP contribution in [0.5, 0.6) is 0 Å². The lowest BCUT2D eigenvalue weighted by Gasteiger charge is -2.05. The van der Waals surface area contributed by atoms with Crippen LogP contribution in [-0.4, -0.2) is 10.7 Å². The molecule has 2 rings (SSSR count). The second kappa shape index (κ2) is 3.92. The van der Waals surface area contributed by atoms with Gasteiger partial charge in [0, 0.05) is 6.20 Å². The van der Waals surface area contributed by atoms with Crippen molar-refractivity contribution < 1.29 is 9.63 Å². The van der Waals surface area contributed by atoms with E-state index in [-0.39, 0.29) is 5.97 Å². The largest absolute Gasteiger partial charge is 0.336 e. The minimum atomic E-state index is -0.199. The molecule has 1 aromatic rings. The predicted molar refractivity (Wildman–Crippen MR) is 54.2 cm³/mol. The minimum Gasteiger partial charge on any atom is -0.336 e. The molecule has 0 N–H and O–H groups in total. The predicted octanol–water partition coefficient (Wildman–Crippen LogP) is 1.97. The third-order valence-electron chi connectivity index (χ3n) is 2.14. The Kier molecular flexibility index (Phi) is 2.63. The van der Waals surface area contributed by atoms with Crippen LogP contribution in [0.3, 0.4) is 0 Å². The van der Waals surface area contributed by atoms with Crippen LogP contribution >= 0.6 is 12.2 Å². The maximum Gasteiger partial charge on any atom is 0.333 e. The molecule has 0 amide bonds. The van der Waals surface area contributed by atoms with Gasteiger partial charge < -0.3 is 4.84 Å². The summed E-state index contributed by atoms with van der Waals surface area (Å²) in [4.78, 5) is 16.4. The summed E-state index contributed by atoms with van der Waals surface area (Å²) in [5.41, 5.74) is 0. The molecule has 0 aromatic carbocycles. The number of aromatic nitrogens is 1. The average molecular weight is 209 g/mol. The van der Waals surface area contributed by atoms with Gasteiger partial charge in [0.1, 0.15) is 4.64 Å². The molecular weight excluding hydrogens is 198 g/mol. The summed E-state index contributed by atoms with van der Waals surface area (Å²) in [5, 5.41) is 0. The van der Waals surface area contributed by atoms with E-state index in [2.05, 4.69) is 0 Å². The molecule has 3 nitrogen and oxygen atoms in total. The lowest BCUT2D eigenvalue weighted by molar-refractivity contribution is -0.144. The van der Waals surface area contributed by atoms with Gasteiger partial charge in [-0.1, -0.05) is 18.3 Å². The van der Waals surface area contributed by atoms with Crippen LogP contribution in [0, 0.1) is 10.6 Å². The zero-order chi connectivity index (χ0) is 9.97. The molecule has 0 saturated heterocycles. The maximum atomic E-state index is 11.3. The normalized spacial score (nSPS) is 15.1. The summed E-state index contributed by atoms with van der Waals surface area (Å²) >= 11 is 4.99. The van der Waals surface area contributed by atoms with Crippen LogP contribution in [0.4, 0.5) is 0 Å². The molecule has 0 radical (unpaired) electrons. The highest BCUT2D eigenvalue weighted by Gasteiger charge is 2.25. The molecule has 1 saturated carbocycles. The highest BCUT2D eigenvalue weighted by atomic mass is 32.1. The highest BCUT2D eigenvalue weighted by Crippen LogP contribution is 2.32. The first-order valence-electron chi connectivity index (χ1n) is 4.64. The first-order chi connectivity index (χ1) is 6.75. The van der Waals surface area contributed by atoms with Crippen LogP contribution in [0.1, 0.15) is 19.3 Å². The zero-order valence-electron chi connectivity index (χ0n) is 7.68. The van der Waals surface area contributed by atoms with Gasteiger partial charge in [0.2, 0.25) is 0 Å². The molecule has 0 bridgehead atoms. The molecule has 1 heterocycles. The van der Waals surface area contributed by atoms with Gasteiger partial charge in [-0.2, -0.15) is 4.73 Å². The van der Waals surface area contributed by atoms with E-state index in [0.717, 1.165) is 12.8 Å². The number of nitrogens with zero attached hydrogens (tertiary/aromatic N) is 1. The number of pyridine rings is 1. The van der Waals surface area contributed by atoms with Gasteiger partial charge in [0.15, 0.2) is 0 Å². The van der Waals surface area contributed by atoms with Crippen molar-refractivity contribution >= 4 is 18.2 Å². The Balaban J connectivity index is 1.99. The summed E-state index contributed by atoms with van der Waals surface area (Å²) in [6.45, 7) is 0. The van der Waals surface area contributed by atoms with Crippen LogP contribution in [0.2, 0.25) is 0 Å². The Labute approximate surface area is 87.3 Å². The molecule has 1 aliphatic carbocycles. The van der Waals surface area contributed by atoms with E-state index in [9.17, 15) is 4.79 Å². The molecule has 0 atom stereocenters. The molecular formula is C10H11NO2S. The molecule has 4 heteroatoms.